The van der Waals surface area contributed by atoms with Gasteiger partial charge in [-0.1, -0.05) is 0 Å². The lowest BCUT2D eigenvalue weighted by molar-refractivity contribution is 0.128. The molecule has 2 aliphatic heterocycles. The van der Waals surface area contributed by atoms with Gasteiger partial charge < -0.3 is 5.32 Å². The Morgan fingerprint density at radius 2 is 2.40 bits per heavy atom. The molecule has 1 aromatic rings. The van der Waals surface area contributed by atoms with Gasteiger partial charge in [-0.05, 0) is 25.5 Å². The van der Waals surface area contributed by atoms with Crippen LogP contribution < -0.4 is 5.32 Å². The Kier molecular flexibility index (Phi) is 2.46. The van der Waals surface area contributed by atoms with Gasteiger partial charge in [-0.2, -0.15) is 5.10 Å². The maximum Gasteiger partial charge on any atom is 0.0540 e. The van der Waals surface area contributed by atoms with E-state index >= 15 is 0 Å². The van der Waals surface area contributed by atoms with Crippen molar-refractivity contribution in [2.24, 2.45) is 0 Å². The minimum Gasteiger partial charge on any atom is -0.315 e. The Labute approximate surface area is 90.3 Å². The predicted molar refractivity (Wildman–Crippen MR) is 58.5 cm³/mol. The van der Waals surface area contributed by atoms with Crippen LogP contribution in [0, 0.1) is 0 Å². The Morgan fingerprint density at radius 1 is 1.40 bits per heavy atom. The summed E-state index contributed by atoms with van der Waals surface area (Å²) in [5.74, 6) is 0. The molecule has 2 aliphatic rings. The predicted octanol–water partition coefficient (Wildman–Crippen LogP) is 0.451. The van der Waals surface area contributed by atoms with Gasteiger partial charge in [0.1, 0.15) is 0 Å². The van der Waals surface area contributed by atoms with Crippen molar-refractivity contribution in [1.82, 2.24) is 20.0 Å². The van der Waals surface area contributed by atoms with Crippen LogP contribution in [0.1, 0.15) is 18.5 Å². The zero-order valence-corrected chi connectivity index (χ0v) is 9.02. The molecule has 1 saturated heterocycles. The highest BCUT2D eigenvalue weighted by Crippen LogP contribution is 2.17. The number of piperidine rings is 1. The zero-order valence-electron chi connectivity index (χ0n) is 9.02. The lowest BCUT2D eigenvalue weighted by Gasteiger charge is -2.37. The minimum absolute atomic E-state index is 0.738. The summed E-state index contributed by atoms with van der Waals surface area (Å²) in [6.07, 6.45) is 4.58. The summed E-state index contributed by atoms with van der Waals surface area (Å²) < 4.78 is 2.13. The van der Waals surface area contributed by atoms with E-state index in [4.69, 9.17) is 0 Å². The highest BCUT2D eigenvalue weighted by Gasteiger charge is 2.24. The van der Waals surface area contributed by atoms with Crippen LogP contribution in [0.15, 0.2) is 12.3 Å². The quantitative estimate of drug-likeness (QED) is 0.724. The molecular formula is C11H18N4. The van der Waals surface area contributed by atoms with Gasteiger partial charge in [0.25, 0.3) is 0 Å². The van der Waals surface area contributed by atoms with E-state index < -0.39 is 0 Å². The average molecular weight is 206 g/mol. The van der Waals surface area contributed by atoms with Crippen molar-refractivity contribution in [3.8, 4) is 0 Å². The number of aromatic nitrogens is 2. The van der Waals surface area contributed by atoms with Gasteiger partial charge in [-0.3, -0.25) is 9.58 Å². The highest BCUT2D eigenvalue weighted by molar-refractivity contribution is 5.03. The first kappa shape index (κ1) is 9.36. The molecule has 3 rings (SSSR count). The molecule has 4 heteroatoms. The minimum atomic E-state index is 0.738. The summed E-state index contributed by atoms with van der Waals surface area (Å²) in [5.41, 5.74) is 1.37. The molecule has 0 radical (unpaired) electrons. The first-order chi connectivity index (χ1) is 7.43. The first-order valence-corrected chi connectivity index (χ1v) is 5.89. The topological polar surface area (TPSA) is 33.1 Å². The standard InChI is InChI=1S/C11H18N4/c1-2-10(8-12-4-1)14-6-7-15-11(9-14)3-5-13-15/h3,5,10,12H,1-2,4,6-9H2. The molecule has 0 saturated carbocycles. The second kappa shape index (κ2) is 3.94. The van der Waals surface area contributed by atoms with Crippen LogP contribution in [0.5, 0.6) is 0 Å². The normalized spacial score (nSPS) is 27.6. The Balaban J connectivity index is 1.69. The summed E-state index contributed by atoms with van der Waals surface area (Å²) in [4.78, 5) is 2.60. The number of hydrogen-bond donors (Lipinski definition) is 1. The molecular weight excluding hydrogens is 188 g/mol. The van der Waals surface area contributed by atoms with Crippen LogP contribution in [0.3, 0.4) is 0 Å². The van der Waals surface area contributed by atoms with Crippen LogP contribution in [0.2, 0.25) is 0 Å². The molecule has 15 heavy (non-hydrogen) atoms. The molecule has 0 aromatic carbocycles. The van der Waals surface area contributed by atoms with Crippen LogP contribution in [-0.4, -0.2) is 40.4 Å². The summed E-state index contributed by atoms with van der Waals surface area (Å²) in [7, 11) is 0. The third kappa shape index (κ3) is 1.79. The second-order valence-electron chi connectivity index (χ2n) is 4.52. The molecule has 1 N–H and O–H groups in total. The van der Waals surface area contributed by atoms with Crippen molar-refractivity contribution in [1.29, 1.82) is 0 Å². The molecule has 0 bridgehead atoms. The first-order valence-electron chi connectivity index (χ1n) is 5.89. The van der Waals surface area contributed by atoms with Crippen LogP contribution in [-0.2, 0) is 13.1 Å². The van der Waals surface area contributed by atoms with Gasteiger partial charge >= 0.3 is 0 Å². The van der Waals surface area contributed by atoms with Gasteiger partial charge in [0.05, 0.1) is 12.2 Å². The fourth-order valence-electron chi connectivity index (χ4n) is 2.66. The molecule has 0 aliphatic carbocycles. The number of nitrogens with zero attached hydrogens (tertiary/aromatic N) is 3. The summed E-state index contributed by atoms with van der Waals surface area (Å²) >= 11 is 0. The average Bonchev–Trinajstić information content (AvgIpc) is 2.77. The molecule has 1 fully saturated rings. The number of nitrogens with one attached hydrogen (secondary N) is 1. The number of rotatable bonds is 1. The van der Waals surface area contributed by atoms with Crippen LogP contribution in [0.25, 0.3) is 0 Å². The van der Waals surface area contributed by atoms with Crippen molar-refractivity contribution in [2.75, 3.05) is 19.6 Å². The van der Waals surface area contributed by atoms with Crippen molar-refractivity contribution in [2.45, 2.75) is 32.0 Å². The van der Waals surface area contributed by atoms with Gasteiger partial charge in [-0.15, -0.1) is 0 Å². The SMILES string of the molecule is c1cc2n(n1)CCN(C1CCCNC1)C2. The van der Waals surface area contributed by atoms with E-state index in [1.807, 2.05) is 6.20 Å². The van der Waals surface area contributed by atoms with E-state index in [1.54, 1.807) is 0 Å². The van der Waals surface area contributed by atoms with E-state index in [9.17, 15) is 0 Å². The van der Waals surface area contributed by atoms with Crippen LogP contribution >= 0.6 is 0 Å². The third-order valence-electron chi connectivity index (χ3n) is 3.56. The molecule has 1 unspecified atom stereocenters. The maximum absolute atomic E-state index is 4.31. The molecule has 4 nitrogen and oxygen atoms in total. The van der Waals surface area contributed by atoms with Gasteiger partial charge in [0, 0.05) is 31.9 Å². The molecule has 3 heterocycles. The fourth-order valence-corrected chi connectivity index (χ4v) is 2.66. The van der Waals surface area contributed by atoms with E-state index in [1.165, 1.54) is 25.1 Å². The smallest absolute Gasteiger partial charge is 0.0540 e. The van der Waals surface area contributed by atoms with E-state index in [0.717, 1.165) is 32.2 Å². The van der Waals surface area contributed by atoms with E-state index in [-0.39, 0.29) is 0 Å². The Hall–Kier alpha value is -0.870. The van der Waals surface area contributed by atoms with Gasteiger partial charge in [0.15, 0.2) is 0 Å². The highest BCUT2D eigenvalue weighted by atomic mass is 15.3. The van der Waals surface area contributed by atoms with Crippen molar-refractivity contribution >= 4 is 0 Å². The largest absolute Gasteiger partial charge is 0.315 e. The third-order valence-corrected chi connectivity index (χ3v) is 3.56. The maximum atomic E-state index is 4.31. The number of hydrogen-bond acceptors (Lipinski definition) is 3. The second-order valence-corrected chi connectivity index (χ2v) is 4.52. The van der Waals surface area contributed by atoms with E-state index in [2.05, 4.69) is 26.1 Å². The monoisotopic (exact) mass is 206 g/mol. The molecule has 1 aromatic heterocycles. The van der Waals surface area contributed by atoms with Crippen LogP contribution in [0.4, 0.5) is 0 Å². The zero-order chi connectivity index (χ0) is 10.1. The summed E-state index contributed by atoms with van der Waals surface area (Å²) in [6, 6.07) is 2.88. The van der Waals surface area contributed by atoms with E-state index in [0.29, 0.717) is 0 Å². The number of fused-ring (bicyclic) bond motifs is 1. The lowest BCUT2D eigenvalue weighted by atomic mass is 10.0. The Bertz CT molecular complexity index is 327. The molecule has 82 valence electrons. The van der Waals surface area contributed by atoms with Crippen molar-refractivity contribution in [3.05, 3.63) is 18.0 Å². The molecule has 1 atom stereocenters. The fraction of sp³-hybridized carbons (Fsp3) is 0.727. The summed E-state index contributed by atoms with van der Waals surface area (Å²) in [5, 5.41) is 7.80. The molecule has 0 amide bonds. The molecule has 0 spiro atoms. The van der Waals surface area contributed by atoms with Gasteiger partial charge in [0.2, 0.25) is 0 Å². The lowest BCUT2D eigenvalue weighted by Crippen LogP contribution is -2.48. The summed E-state index contributed by atoms with van der Waals surface area (Å²) in [6.45, 7) is 5.64. The Morgan fingerprint density at radius 3 is 3.27 bits per heavy atom. The van der Waals surface area contributed by atoms with Crippen molar-refractivity contribution < 1.29 is 0 Å². The van der Waals surface area contributed by atoms with Crippen molar-refractivity contribution in [3.63, 3.8) is 0 Å². The van der Waals surface area contributed by atoms with Gasteiger partial charge in [-0.25, -0.2) is 0 Å².